The standard InChI is InChI=1S/C9H17N3O4/c1-5(2)4-11-9(16)12-6(8(14)15)3-7(10)13/h5-6H,3-4H2,1-2H3,(H2,10,13)(H,14,15)(H2,11,12,16)/t6-/m0/s1. The molecule has 0 aromatic rings. The Labute approximate surface area is 93.4 Å². The molecule has 7 nitrogen and oxygen atoms in total. The number of carbonyl (C=O) groups is 3. The number of carboxylic acids is 1. The number of carbonyl (C=O) groups excluding carboxylic acids is 2. The van der Waals surface area contributed by atoms with Gasteiger partial charge in [-0.15, -0.1) is 0 Å². The molecule has 0 aliphatic rings. The Kier molecular flexibility index (Phi) is 5.91. The van der Waals surface area contributed by atoms with Gasteiger partial charge in [0.1, 0.15) is 6.04 Å². The van der Waals surface area contributed by atoms with Crippen LogP contribution in [0.5, 0.6) is 0 Å². The third kappa shape index (κ3) is 6.63. The van der Waals surface area contributed by atoms with Crippen LogP contribution in [0.15, 0.2) is 0 Å². The minimum atomic E-state index is -1.29. The number of urea groups is 1. The third-order valence-corrected chi connectivity index (χ3v) is 1.68. The van der Waals surface area contributed by atoms with E-state index in [1.54, 1.807) is 0 Å². The van der Waals surface area contributed by atoms with Crippen molar-refractivity contribution >= 4 is 17.9 Å². The normalized spacial score (nSPS) is 11.9. The molecule has 0 aliphatic carbocycles. The van der Waals surface area contributed by atoms with Gasteiger partial charge in [0.2, 0.25) is 5.91 Å². The summed E-state index contributed by atoms with van der Waals surface area (Å²) in [4.78, 5) is 32.4. The number of primary amides is 1. The van der Waals surface area contributed by atoms with Crippen LogP contribution in [0.2, 0.25) is 0 Å². The van der Waals surface area contributed by atoms with E-state index in [0.29, 0.717) is 6.54 Å². The lowest BCUT2D eigenvalue weighted by atomic mass is 10.2. The van der Waals surface area contributed by atoms with Gasteiger partial charge in [-0.3, -0.25) is 4.79 Å². The monoisotopic (exact) mass is 231 g/mol. The first-order valence-corrected chi connectivity index (χ1v) is 4.88. The third-order valence-electron chi connectivity index (χ3n) is 1.68. The van der Waals surface area contributed by atoms with Gasteiger partial charge in [0, 0.05) is 6.54 Å². The summed E-state index contributed by atoms with van der Waals surface area (Å²) in [7, 11) is 0. The van der Waals surface area contributed by atoms with E-state index >= 15 is 0 Å². The van der Waals surface area contributed by atoms with Crippen LogP contribution in [0.25, 0.3) is 0 Å². The van der Waals surface area contributed by atoms with Gasteiger partial charge in [-0.2, -0.15) is 0 Å². The number of nitrogens with two attached hydrogens (primary N) is 1. The fourth-order valence-corrected chi connectivity index (χ4v) is 0.907. The maximum absolute atomic E-state index is 11.2. The molecule has 0 rings (SSSR count). The Bertz CT molecular complexity index is 278. The lowest BCUT2D eigenvalue weighted by molar-refractivity contribution is -0.140. The molecule has 0 heterocycles. The van der Waals surface area contributed by atoms with Crippen LogP contribution in [0.1, 0.15) is 20.3 Å². The van der Waals surface area contributed by atoms with Crippen molar-refractivity contribution in [3.8, 4) is 0 Å². The molecule has 7 heteroatoms. The molecule has 16 heavy (non-hydrogen) atoms. The quantitative estimate of drug-likeness (QED) is 0.481. The molecule has 0 saturated heterocycles. The van der Waals surface area contributed by atoms with Gasteiger partial charge < -0.3 is 21.5 Å². The van der Waals surface area contributed by atoms with Gasteiger partial charge in [0.25, 0.3) is 0 Å². The minimum Gasteiger partial charge on any atom is -0.480 e. The van der Waals surface area contributed by atoms with Gasteiger partial charge in [0.15, 0.2) is 0 Å². The summed E-state index contributed by atoms with van der Waals surface area (Å²) in [6, 6.07) is -1.91. The second kappa shape index (κ2) is 6.65. The molecule has 3 amide bonds. The minimum absolute atomic E-state index is 0.255. The molecule has 0 aromatic heterocycles. The number of amides is 3. The highest BCUT2D eigenvalue weighted by molar-refractivity contribution is 5.87. The molecule has 1 atom stereocenters. The summed E-state index contributed by atoms with van der Waals surface area (Å²) >= 11 is 0. The van der Waals surface area contributed by atoms with Crippen LogP contribution >= 0.6 is 0 Å². The van der Waals surface area contributed by atoms with Crippen molar-refractivity contribution in [2.45, 2.75) is 26.3 Å². The van der Waals surface area contributed by atoms with Gasteiger partial charge in [-0.25, -0.2) is 9.59 Å². The van der Waals surface area contributed by atoms with Crippen molar-refractivity contribution in [1.82, 2.24) is 10.6 Å². The molecule has 0 bridgehead atoms. The Hall–Kier alpha value is -1.79. The first kappa shape index (κ1) is 14.2. The molecule has 5 N–H and O–H groups in total. The van der Waals surface area contributed by atoms with Crippen LogP contribution in [0.3, 0.4) is 0 Å². The average molecular weight is 231 g/mol. The van der Waals surface area contributed by atoms with Crippen molar-refractivity contribution < 1.29 is 19.5 Å². The van der Waals surface area contributed by atoms with E-state index in [1.165, 1.54) is 0 Å². The summed E-state index contributed by atoms with van der Waals surface area (Å²) in [5.41, 5.74) is 4.86. The SMILES string of the molecule is CC(C)CNC(=O)N[C@@H](CC(N)=O)C(=O)O. The molecule has 0 spiro atoms. The number of aliphatic carboxylic acids is 1. The molecule has 0 unspecified atom stereocenters. The number of carboxylic acid groups (broad SMARTS) is 1. The van der Waals surface area contributed by atoms with Crippen LogP contribution in [0, 0.1) is 5.92 Å². The fraction of sp³-hybridized carbons (Fsp3) is 0.667. The molecule has 0 aliphatic heterocycles. The topological polar surface area (TPSA) is 122 Å². The number of rotatable bonds is 6. The molecular formula is C9H17N3O4. The maximum Gasteiger partial charge on any atom is 0.326 e. The first-order chi connectivity index (χ1) is 7.32. The van der Waals surface area contributed by atoms with E-state index < -0.39 is 30.4 Å². The zero-order valence-electron chi connectivity index (χ0n) is 9.32. The lowest BCUT2D eigenvalue weighted by Gasteiger charge is -2.14. The Morgan fingerprint density at radius 1 is 1.31 bits per heavy atom. The smallest absolute Gasteiger partial charge is 0.326 e. The highest BCUT2D eigenvalue weighted by atomic mass is 16.4. The molecule has 0 radical (unpaired) electrons. The number of hydrogen-bond donors (Lipinski definition) is 4. The first-order valence-electron chi connectivity index (χ1n) is 4.88. The highest BCUT2D eigenvalue weighted by Crippen LogP contribution is 1.92. The predicted octanol–water partition coefficient (Wildman–Crippen LogP) is -0.730. The van der Waals surface area contributed by atoms with Crippen molar-refractivity contribution in [2.24, 2.45) is 11.7 Å². The molecule has 0 fully saturated rings. The summed E-state index contributed by atoms with van der Waals surface area (Å²) in [6.45, 7) is 4.23. The summed E-state index contributed by atoms with van der Waals surface area (Å²) in [5, 5.41) is 13.3. The van der Waals surface area contributed by atoms with Crippen LogP contribution < -0.4 is 16.4 Å². The largest absolute Gasteiger partial charge is 0.480 e. The average Bonchev–Trinajstić information content (AvgIpc) is 2.12. The molecule has 0 aromatic carbocycles. The second-order valence-electron chi connectivity index (χ2n) is 3.81. The number of nitrogens with one attached hydrogen (secondary N) is 2. The highest BCUT2D eigenvalue weighted by Gasteiger charge is 2.21. The lowest BCUT2D eigenvalue weighted by Crippen LogP contribution is -2.48. The van der Waals surface area contributed by atoms with Crippen molar-refractivity contribution in [3.05, 3.63) is 0 Å². The summed E-state index contributed by atoms with van der Waals surface area (Å²) in [6.07, 6.45) is -0.426. The van der Waals surface area contributed by atoms with E-state index in [4.69, 9.17) is 10.8 Å². The molecular weight excluding hydrogens is 214 g/mol. The fourth-order valence-electron chi connectivity index (χ4n) is 0.907. The summed E-state index contributed by atoms with van der Waals surface area (Å²) < 4.78 is 0. The van der Waals surface area contributed by atoms with E-state index in [1.807, 2.05) is 13.8 Å². The zero-order valence-corrected chi connectivity index (χ0v) is 9.32. The van der Waals surface area contributed by atoms with E-state index in [9.17, 15) is 14.4 Å². The second-order valence-corrected chi connectivity index (χ2v) is 3.81. The Morgan fingerprint density at radius 3 is 2.25 bits per heavy atom. The molecule has 0 saturated carbocycles. The summed E-state index contributed by atoms with van der Waals surface area (Å²) in [5.74, 6) is -1.82. The van der Waals surface area contributed by atoms with Gasteiger partial charge in [-0.1, -0.05) is 13.8 Å². The van der Waals surface area contributed by atoms with Gasteiger partial charge >= 0.3 is 12.0 Å². The van der Waals surface area contributed by atoms with Crippen LogP contribution in [0.4, 0.5) is 4.79 Å². The van der Waals surface area contributed by atoms with Gasteiger partial charge in [-0.05, 0) is 5.92 Å². The van der Waals surface area contributed by atoms with Crippen molar-refractivity contribution in [1.29, 1.82) is 0 Å². The predicted molar refractivity (Wildman–Crippen MR) is 56.6 cm³/mol. The van der Waals surface area contributed by atoms with Crippen molar-refractivity contribution in [2.75, 3.05) is 6.54 Å². The van der Waals surface area contributed by atoms with E-state index in [2.05, 4.69) is 10.6 Å². The van der Waals surface area contributed by atoms with E-state index in [-0.39, 0.29) is 5.92 Å². The van der Waals surface area contributed by atoms with E-state index in [0.717, 1.165) is 0 Å². The van der Waals surface area contributed by atoms with Gasteiger partial charge in [0.05, 0.1) is 6.42 Å². The van der Waals surface area contributed by atoms with Crippen molar-refractivity contribution in [3.63, 3.8) is 0 Å². The van der Waals surface area contributed by atoms with Crippen LogP contribution in [-0.4, -0.2) is 35.6 Å². The Morgan fingerprint density at radius 2 is 1.88 bits per heavy atom. The maximum atomic E-state index is 11.2. The van der Waals surface area contributed by atoms with Crippen LogP contribution in [-0.2, 0) is 9.59 Å². The number of hydrogen-bond acceptors (Lipinski definition) is 3. The Balaban J connectivity index is 4.13. The molecule has 92 valence electrons. The zero-order chi connectivity index (χ0) is 12.7.